The van der Waals surface area contributed by atoms with E-state index in [4.69, 9.17) is 0 Å². The van der Waals surface area contributed by atoms with Gasteiger partial charge in [-0.15, -0.1) is 20.3 Å². The van der Waals surface area contributed by atoms with Gasteiger partial charge in [0.25, 0.3) is 0 Å². The van der Waals surface area contributed by atoms with Crippen LogP contribution in [0.2, 0.25) is 0 Å². The minimum atomic E-state index is 0. The average molecular weight is 337 g/mol. The van der Waals surface area contributed by atoms with Gasteiger partial charge in [-0.1, -0.05) is 96.8 Å². The average Bonchev–Trinajstić information content (AvgIpc) is 2.43. The number of hydrogen-bond acceptors (Lipinski definition) is 0. The molecule has 0 fully saturated rings. The summed E-state index contributed by atoms with van der Waals surface area (Å²) in [5, 5.41) is 0. The van der Waals surface area contributed by atoms with E-state index in [1.54, 1.807) is 0 Å². The summed E-state index contributed by atoms with van der Waals surface area (Å²) in [6.07, 6.45) is 23.6. The number of hydrogen-bond donors (Lipinski definition) is 0. The zero-order chi connectivity index (χ0) is 14.9. The first-order valence-corrected chi connectivity index (χ1v) is 11.8. The molecule has 0 saturated heterocycles. The molecule has 0 aliphatic rings. The quantitative estimate of drug-likeness (QED) is 0.198. The van der Waals surface area contributed by atoms with Crippen molar-refractivity contribution in [2.75, 3.05) is 19.5 Å². The topological polar surface area (TPSA) is 0 Å². The van der Waals surface area contributed by atoms with Gasteiger partial charge in [0.05, 0.1) is 0 Å². The van der Waals surface area contributed by atoms with E-state index in [-0.39, 0.29) is 12.4 Å². The molecule has 0 aliphatic heterocycles. The van der Waals surface area contributed by atoms with E-state index in [1.165, 1.54) is 102 Å². The fourth-order valence-corrected chi connectivity index (χ4v) is 3.66. The second-order valence-corrected chi connectivity index (χ2v) is 9.36. The van der Waals surface area contributed by atoms with Gasteiger partial charge in [0.1, 0.15) is 0 Å². The Labute approximate surface area is 143 Å². The molecule has 0 bridgehead atoms. The third-order valence-electron chi connectivity index (χ3n) is 4.21. The molecule has 0 aromatic heterocycles. The minimum Gasteiger partial charge on any atom is -0.147 e. The summed E-state index contributed by atoms with van der Waals surface area (Å²) < 4.78 is 0. The fourth-order valence-electron chi connectivity index (χ4n) is 2.80. The van der Waals surface area contributed by atoms with Crippen molar-refractivity contribution in [2.24, 2.45) is 0 Å². The Morgan fingerprint density at radius 1 is 0.476 bits per heavy atom. The lowest BCUT2D eigenvalue weighted by atomic mass is 10.0. The van der Waals surface area contributed by atoms with Gasteiger partial charge in [-0.2, -0.15) is 0 Å². The first-order chi connectivity index (χ1) is 9.77. The van der Waals surface area contributed by atoms with E-state index >= 15 is 0 Å². The van der Waals surface area contributed by atoms with Crippen LogP contribution in [0.25, 0.3) is 0 Å². The zero-order valence-corrected chi connectivity index (χ0v) is 16.9. The van der Waals surface area contributed by atoms with Crippen LogP contribution in [0.5, 0.6) is 0 Å². The first-order valence-electron chi connectivity index (χ1n) is 9.42. The molecule has 2 heteroatoms. The Morgan fingerprint density at radius 2 is 0.762 bits per heavy atom. The molecule has 0 aromatic rings. The summed E-state index contributed by atoms with van der Waals surface area (Å²) >= 11 is 0. The van der Waals surface area contributed by atoms with Crippen molar-refractivity contribution in [1.82, 2.24) is 0 Å². The van der Waals surface area contributed by atoms with Crippen molar-refractivity contribution in [3.63, 3.8) is 0 Å². The van der Waals surface area contributed by atoms with Gasteiger partial charge in [-0.3, -0.25) is 0 Å². The zero-order valence-electron chi connectivity index (χ0n) is 15.2. The Balaban J connectivity index is 0. The van der Waals surface area contributed by atoms with Crippen LogP contribution in [-0.2, 0) is 0 Å². The van der Waals surface area contributed by atoms with Gasteiger partial charge < -0.3 is 0 Å². The second-order valence-electron chi connectivity index (χ2n) is 6.75. The maximum atomic E-state index is 2.40. The lowest BCUT2D eigenvalue weighted by molar-refractivity contribution is 0.535. The predicted molar refractivity (Wildman–Crippen MR) is 106 cm³/mol. The van der Waals surface area contributed by atoms with E-state index in [0.29, 0.717) is 7.92 Å². The van der Waals surface area contributed by atoms with Crippen molar-refractivity contribution in [1.29, 1.82) is 0 Å². The highest BCUT2D eigenvalue weighted by Gasteiger charge is 1.95. The van der Waals surface area contributed by atoms with Crippen molar-refractivity contribution in [3.05, 3.63) is 0 Å². The summed E-state index contributed by atoms with van der Waals surface area (Å²) in [5.41, 5.74) is 0. The van der Waals surface area contributed by atoms with E-state index < -0.39 is 0 Å². The van der Waals surface area contributed by atoms with Crippen molar-refractivity contribution in [3.8, 4) is 0 Å². The molecular weight excluding hydrogens is 295 g/mol. The summed E-state index contributed by atoms with van der Waals surface area (Å²) in [6, 6.07) is 0. The van der Waals surface area contributed by atoms with Gasteiger partial charge in [0, 0.05) is 0 Å². The van der Waals surface area contributed by atoms with Crippen LogP contribution in [0.3, 0.4) is 0 Å². The van der Waals surface area contributed by atoms with E-state index in [9.17, 15) is 0 Å². The number of halogens is 1. The SMILES string of the molecule is CCCCCCCCCCCCCCCCCP(C)C.Cl. The van der Waals surface area contributed by atoms with Gasteiger partial charge in [-0.05, 0) is 25.9 Å². The van der Waals surface area contributed by atoms with Crippen LogP contribution in [0.1, 0.15) is 103 Å². The molecule has 0 aliphatic carbocycles. The number of rotatable bonds is 16. The summed E-state index contributed by atoms with van der Waals surface area (Å²) in [6.45, 7) is 7.10. The molecule has 130 valence electrons. The first kappa shape index (κ1) is 24.0. The maximum absolute atomic E-state index is 2.40. The molecule has 0 amide bonds. The van der Waals surface area contributed by atoms with Crippen LogP contribution in [0.15, 0.2) is 0 Å². The van der Waals surface area contributed by atoms with Crippen LogP contribution in [0, 0.1) is 0 Å². The van der Waals surface area contributed by atoms with Crippen LogP contribution < -0.4 is 0 Å². The summed E-state index contributed by atoms with van der Waals surface area (Å²) in [4.78, 5) is 0. The molecule has 0 spiro atoms. The summed E-state index contributed by atoms with van der Waals surface area (Å²) in [5.74, 6) is 0. The monoisotopic (exact) mass is 336 g/mol. The Kier molecular flexibility index (Phi) is 23.7. The van der Waals surface area contributed by atoms with Crippen molar-refractivity contribution < 1.29 is 0 Å². The molecule has 0 N–H and O–H groups in total. The minimum absolute atomic E-state index is 0. The van der Waals surface area contributed by atoms with E-state index in [2.05, 4.69) is 20.3 Å². The predicted octanol–water partition coefficient (Wildman–Crippen LogP) is 8.02. The second kappa shape index (κ2) is 20.7. The Bertz CT molecular complexity index is 171. The highest BCUT2D eigenvalue weighted by molar-refractivity contribution is 7.55. The van der Waals surface area contributed by atoms with Gasteiger partial charge >= 0.3 is 0 Å². The van der Waals surface area contributed by atoms with Crippen molar-refractivity contribution in [2.45, 2.75) is 103 Å². The molecule has 0 nitrogen and oxygen atoms in total. The molecule has 0 rings (SSSR count). The van der Waals surface area contributed by atoms with Gasteiger partial charge in [0.15, 0.2) is 0 Å². The Hall–Kier alpha value is 0.720. The molecule has 0 aromatic carbocycles. The molecule has 0 unspecified atom stereocenters. The largest absolute Gasteiger partial charge is 0.147 e. The van der Waals surface area contributed by atoms with E-state index in [1.807, 2.05) is 0 Å². The van der Waals surface area contributed by atoms with Crippen LogP contribution in [0.4, 0.5) is 0 Å². The molecule has 0 heterocycles. The number of unbranched alkanes of at least 4 members (excludes halogenated alkanes) is 14. The third-order valence-corrected chi connectivity index (χ3v) is 5.42. The molecule has 0 saturated carbocycles. The highest BCUT2D eigenvalue weighted by atomic mass is 35.5. The normalized spacial score (nSPS) is 10.9. The maximum Gasteiger partial charge on any atom is -0.0331 e. The smallest absolute Gasteiger partial charge is 0.0331 e. The molecular formula is C19H42ClP. The molecule has 21 heavy (non-hydrogen) atoms. The summed E-state index contributed by atoms with van der Waals surface area (Å²) in [7, 11) is 0.358. The van der Waals surface area contributed by atoms with Crippen LogP contribution >= 0.6 is 20.3 Å². The standard InChI is InChI=1S/C19H41P.ClH/c1-4-5-6-7-8-9-10-11-12-13-14-15-16-17-18-19-20(2)3;/h4-19H2,1-3H3;1H. The van der Waals surface area contributed by atoms with E-state index in [0.717, 1.165) is 0 Å². The molecule has 0 radical (unpaired) electrons. The van der Waals surface area contributed by atoms with Crippen LogP contribution in [-0.4, -0.2) is 19.5 Å². The lowest BCUT2D eigenvalue weighted by Gasteiger charge is -2.05. The van der Waals surface area contributed by atoms with Gasteiger partial charge in [0.2, 0.25) is 0 Å². The lowest BCUT2D eigenvalue weighted by Crippen LogP contribution is -1.85. The van der Waals surface area contributed by atoms with Crippen molar-refractivity contribution >= 4 is 20.3 Å². The Morgan fingerprint density at radius 3 is 1.05 bits per heavy atom. The highest BCUT2D eigenvalue weighted by Crippen LogP contribution is 2.26. The fraction of sp³-hybridized carbons (Fsp3) is 1.00. The third kappa shape index (κ3) is 23.1. The molecule has 0 atom stereocenters. The van der Waals surface area contributed by atoms with Gasteiger partial charge in [-0.25, -0.2) is 0 Å².